The molecule has 0 aliphatic rings. The lowest BCUT2D eigenvalue weighted by Gasteiger charge is -2.15. The van der Waals surface area contributed by atoms with Crippen LogP contribution in [0.3, 0.4) is 0 Å². The number of carbonyl (C=O) groups is 2. The molecule has 162 valence electrons. The van der Waals surface area contributed by atoms with Gasteiger partial charge in [-0.2, -0.15) is 0 Å². The number of thiocarbonyl (C=S) groups is 1. The van der Waals surface area contributed by atoms with E-state index in [9.17, 15) is 9.59 Å². The molecule has 0 fully saturated rings. The highest BCUT2D eigenvalue weighted by atomic mass is 35.5. The number of anilines is 2. The maximum Gasteiger partial charge on any atom is 0.341 e. The largest absolute Gasteiger partial charge is 0.495 e. The highest BCUT2D eigenvalue weighted by Crippen LogP contribution is 2.37. The average molecular weight is 472 g/mol. The summed E-state index contributed by atoms with van der Waals surface area (Å²) in [5.41, 5.74) is 1.27. The molecule has 1 aromatic heterocycles. The fourth-order valence-electron chi connectivity index (χ4n) is 2.57. The van der Waals surface area contributed by atoms with Crippen molar-refractivity contribution in [1.82, 2.24) is 4.90 Å². The maximum atomic E-state index is 12.5. The van der Waals surface area contributed by atoms with Crippen LogP contribution in [0.15, 0.2) is 12.1 Å². The van der Waals surface area contributed by atoms with Crippen molar-refractivity contribution < 1.29 is 23.8 Å². The summed E-state index contributed by atoms with van der Waals surface area (Å²) in [6, 6.07) is 3.23. The first kappa shape index (κ1) is 23.7. The van der Waals surface area contributed by atoms with Crippen LogP contribution in [0.25, 0.3) is 0 Å². The second kappa shape index (κ2) is 9.96. The van der Waals surface area contributed by atoms with Gasteiger partial charge in [0.15, 0.2) is 5.11 Å². The van der Waals surface area contributed by atoms with E-state index in [-0.39, 0.29) is 16.6 Å². The van der Waals surface area contributed by atoms with Gasteiger partial charge in [-0.1, -0.05) is 11.6 Å². The van der Waals surface area contributed by atoms with Crippen molar-refractivity contribution in [2.24, 2.45) is 0 Å². The summed E-state index contributed by atoms with van der Waals surface area (Å²) in [6.07, 6.45) is 0. The summed E-state index contributed by atoms with van der Waals surface area (Å²) in [6.45, 7) is 1.69. The number of ether oxygens (including phenoxy) is 3. The molecule has 0 aliphatic carbocycles. The molecule has 0 atom stereocenters. The van der Waals surface area contributed by atoms with Crippen LogP contribution >= 0.6 is 35.2 Å². The molecule has 30 heavy (non-hydrogen) atoms. The van der Waals surface area contributed by atoms with Gasteiger partial charge in [0.1, 0.15) is 16.5 Å². The first-order valence-corrected chi connectivity index (χ1v) is 10.2. The molecule has 2 N–H and O–H groups in total. The van der Waals surface area contributed by atoms with E-state index in [0.29, 0.717) is 37.7 Å². The van der Waals surface area contributed by atoms with Crippen molar-refractivity contribution in [1.29, 1.82) is 0 Å². The van der Waals surface area contributed by atoms with E-state index < -0.39 is 5.97 Å². The predicted octanol–water partition coefficient (Wildman–Crippen LogP) is 4.02. The number of thiophene rings is 1. The normalized spacial score (nSPS) is 10.2. The van der Waals surface area contributed by atoms with Crippen LogP contribution in [0.5, 0.6) is 11.5 Å². The number of esters is 1. The summed E-state index contributed by atoms with van der Waals surface area (Å²) in [5, 5.41) is 6.91. The lowest BCUT2D eigenvalue weighted by atomic mass is 10.1. The van der Waals surface area contributed by atoms with Gasteiger partial charge in [-0.25, -0.2) is 4.79 Å². The van der Waals surface area contributed by atoms with E-state index >= 15 is 0 Å². The van der Waals surface area contributed by atoms with Gasteiger partial charge < -0.3 is 29.7 Å². The Labute approximate surface area is 189 Å². The number of methoxy groups -OCH3 is 3. The molecule has 0 bridgehead atoms. The standard InChI is InChI=1S/C19H22ClN3O5S2/c1-9-14(18(25)28-6)16(30-15(9)17(24)23(2)3)22-19(29)21-11-8-12(26-4)10(20)7-13(11)27-5/h7-8H,1-6H3,(H2,21,22,29). The third kappa shape index (κ3) is 4.94. The smallest absolute Gasteiger partial charge is 0.341 e. The molecule has 0 saturated heterocycles. The number of rotatable bonds is 6. The number of halogens is 1. The Balaban J connectivity index is 2.38. The van der Waals surface area contributed by atoms with Gasteiger partial charge in [-0.3, -0.25) is 4.79 Å². The SMILES string of the molecule is COC(=O)c1c(NC(=S)Nc2cc(OC)c(Cl)cc2OC)sc(C(=O)N(C)C)c1C. The Kier molecular flexibility index (Phi) is 7.88. The minimum atomic E-state index is -0.572. The summed E-state index contributed by atoms with van der Waals surface area (Å²) in [5.74, 6) is 0.0871. The van der Waals surface area contributed by atoms with E-state index in [1.807, 2.05) is 0 Å². The number of amides is 1. The summed E-state index contributed by atoms with van der Waals surface area (Å²) >= 11 is 12.6. The third-order valence-corrected chi connectivity index (χ3v) is 5.78. The number of nitrogens with one attached hydrogen (secondary N) is 2. The monoisotopic (exact) mass is 471 g/mol. The van der Waals surface area contributed by atoms with Crippen molar-refractivity contribution >= 4 is 62.8 Å². The zero-order valence-electron chi connectivity index (χ0n) is 17.3. The summed E-state index contributed by atoms with van der Waals surface area (Å²) in [7, 11) is 7.54. The average Bonchev–Trinajstić information content (AvgIpc) is 3.02. The van der Waals surface area contributed by atoms with Crippen LogP contribution in [-0.2, 0) is 4.74 Å². The molecule has 2 aromatic rings. The van der Waals surface area contributed by atoms with Gasteiger partial charge in [0.25, 0.3) is 5.91 Å². The predicted molar refractivity (Wildman–Crippen MR) is 123 cm³/mol. The highest BCUT2D eigenvalue weighted by Gasteiger charge is 2.26. The van der Waals surface area contributed by atoms with Crippen molar-refractivity contribution in [3.8, 4) is 11.5 Å². The molecule has 0 radical (unpaired) electrons. The minimum absolute atomic E-state index is 0.174. The van der Waals surface area contributed by atoms with Gasteiger partial charge in [0.2, 0.25) is 0 Å². The third-order valence-electron chi connectivity index (χ3n) is 4.09. The quantitative estimate of drug-likeness (QED) is 0.482. The molecule has 0 spiro atoms. The zero-order chi connectivity index (χ0) is 22.6. The maximum absolute atomic E-state index is 12.5. The van der Waals surface area contributed by atoms with Crippen molar-refractivity contribution in [3.05, 3.63) is 33.2 Å². The van der Waals surface area contributed by atoms with E-state index in [1.54, 1.807) is 33.2 Å². The first-order valence-electron chi connectivity index (χ1n) is 8.57. The molecule has 0 saturated carbocycles. The van der Waals surface area contributed by atoms with Crippen LogP contribution in [0.1, 0.15) is 25.6 Å². The molecule has 0 unspecified atom stereocenters. The second-order valence-corrected chi connectivity index (χ2v) is 8.05. The topological polar surface area (TPSA) is 89.1 Å². The highest BCUT2D eigenvalue weighted by molar-refractivity contribution is 7.80. The molecule has 2 rings (SSSR count). The van der Waals surface area contributed by atoms with Crippen molar-refractivity contribution in [2.45, 2.75) is 6.92 Å². The molecule has 0 aliphatic heterocycles. The van der Waals surface area contributed by atoms with Crippen LogP contribution in [0, 0.1) is 6.92 Å². The molecule has 8 nitrogen and oxygen atoms in total. The summed E-state index contributed by atoms with van der Waals surface area (Å²) in [4.78, 5) is 26.6. The summed E-state index contributed by atoms with van der Waals surface area (Å²) < 4.78 is 15.4. The van der Waals surface area contributed by atoms with E-state index in [1.165, 1.54) is 26.2 Å². The van der Waals surface area contributed by atoms with Gasteiger partial charge in [-0.05, 0) is 24.7 Å². The van der Waals surface area contributed by atoms with Crippen LogP contribution < -0.4 is 20.1 Å². The van der Waals surface area contributed by atoms with Gasteiger partial charge in [0.05, 0.1) is 42.5 Å². The van der Waals surface area contributed by atoms with Crippen LogP contribution in [-0.4, -0.2) is 57.3 Å². The minimum Gasteiger partial charge on any atom is -0.495 e. The van der Waals surface area contributed by atoms with E-state index in [4.69, 9.17) is 38.0 Å². The number of hydrogen-bond acceptors (Lipinski definition) is 7. The molecule has 11 heteroatoms. The van der Waals surface area contributed by atoms with E-state index in [0.717, 1.165) is 11.3 Å². The molecule has 1 aromatic carbocycles. The van der Waals surface area contributed by atoms with Crippen LogP contribution in [0.2, 0.25) is 5.02 Å². The second-order valence-electron chi connectivity index (χ2n) is 6.22. The first-order chi connectivity index (χ1) is 14.1. The van der Waals surface area contributed by atoms with Gasteiger partial charge in [-0.15, -0.1) is 11.3 Å². The number of hydrogen-bond donors (Lipinski definition) is 2. The lowest BCUT2D eigenvalue weighted by molar-refractivity contribution is 0.0601. The van der Waals surface area contributed by atoms with E-state index in [2.05, 4.69) is 10.6 Å². The number of nitrogens with zero attached hydrogens (tertiary/aromatic N) is 1. The molecular formula is C19H22ClN3O5S2. The molecule has 1 amide bonds. The Hall–Kier alpha value is -2.56. The Bertz CT molecular complexity index is 991. The lowest BCUT2D eigenvalue weighted by Crippen LogP contribution is -2.21. The van der Waals surface area contributed by atoms with Gasteiger partial charge >= 0.3 is 5.97 Å². The number of benzene rings is 1. The van der Waals surface area contributed by atoms with Gasteiger partial charge in [0, 0.05) is 26.2 Å². The molecule has 1 heterocycles. The Morgan fingerprint density at radius 1 is 1.10 bits per heavy atom. The fourth-order valence-corrected chi connectivity index (χ4v) is 4.30. The number of carbonyl (C=O) groups excluding carboxylic acids is 2. The van der Waals surface area contributed by atoms with Crippen molar-refractivity contribution in [3.63, 3.8) is 0 Å². The van der Waals surface area contributed by atoms with Crippen LogP contribution in [0.4, 0.5) is 10.7 Å². The molecular weight excluding hydrogens is 450 g/mol. The zero-order valence-corrected chi connectivity index (χ0v) is 19.7. The fraction of sp³-hybridized carbons (Fsp3) is 0.316. The van der Waals surface area contributed by atoms with Crippen molar-refractivity contribution in [2.75, 3.05) is 46.1 Å². The Morgan fingerprint density at radius 3 is 2.27 bits per heavy atom. The Morgan fingerprint density at radius 2 is 1.73 bits per heavy atom.